The van der Waals surface area contributed by atoms with Crippen LogP contribution in [-0.4, -0.2) is 36.3 Å². The molecule has 1 fully saturated rings. The number of benzene rings is 1. The van der Waals surface area contributed by atoms with E-state index >= 15 is 0 Å². The fourth-order valence-corrected chi connectivity index (χ4v) is 2.55. The van der Waals surface area contributed by atoms with Crippen LogP contribution in [0.5, 0.6) is 0 Å². The van der Waals surface area contributed by atoms with Crippen LogP contribution in [-0.2, 0) is 4.79 Å². The number of piperidine rings is 1. The highest BCUT2D eigenvalue weighted by atomic mass is 16.2. The summed E-state index contributed by atoms with van der Waals surface area (Å²) in [6.45, 7) is 3.99. The van der Waals surface area contributed by atoms with Crippen LogP contribution in [0.25, 0.3) is 0 Å². The van der Waals surface area contributed by atoms with Gasteiger partial charge in [0.2, 0.25) is 5.91 Å². The van der Waals surface area contributed by atoms with E-state index in [1.54, 1.807) is 18.2 Å². The second kappa shape index (κ2) is 6.41. The molecular weight excluding hydrogens is 254 g/mol. The van der Waals surface area contributed by atoms with Crippen molar-refractivity contribution in [2.45, 2.75) is 19.8 Å². The van der Waals surface area contributed by atoms with Crippen LogP contribution < -0.4 is 11.1 Å². The molecule has 1 saturated heterocycles. The molecule has 1 aliphatic rings. The second-order valence-electron chi connectivity index (χ2n) is 5.35. The fraction of sp³-hybridized carbons (Fsp3) is 0.467. The molecule has 1 aromatic carbocycles. The van der Waals surface area contributed by atoms with Gasteiger partial charge in [0.25, 0.3) is 5.91 Å². The third kappa shape index (κ3) is 3.50. The highest BCUT2D eigenvalue weighted by Crippen LogP contribution is 2.17. The van der Waals surface area contributed by atoms with E-state index in [2.05, 4.69) is 12.2 Å². The Morgan fingerprint density at radius 1 is 1.40 bits per heavy atom. The van der Waals surface area contributed by atoms with Crippen molar-refractivity contribution in [1.82, 2.24) is 4.90 Å². The molecule has 108 valence electrons. The van der Waals surface area contributed by atoms with Crippen LogP contribution in [0.3, 0.4) is 0 Å². The van der Waals surface area contributed by atoms with Gasteiger partial charge in [0.15, 0.2) is 0 Å². The van der Waals surface area contributed by atoms with Gasteiger partial charge in [0, 0.05) is 18.8 Å². The SMILES string of the molecule is C[C@H]1CCCN(C(=O)CNc2ccccc2C(N)=O)C1. The molecule has 2 amide bonds. The Morgan fingerprint density at radius 2 is 2.15 bits per heavy atom. The third-order valence-corrected chi connectivity index (χ3v) is 3.63. The summed E-state index contributed by atoms with van der Waals surface area (Å²) in [4.78, 5) is 25.3. The summed E-state index contributed by atoms with van der Waals surface area (Å²) in [5, 5.41) is 3.01. The molecule has 0 spiro atoms. The van der Waals surface area contributed by atoms with Crippen LogP contribution in [0.1, 0.15) is 30.1 Å². The average molecular weight is 275 g/mol. The smallest absolute Gasteiger partial charge is 0.250 e. The summed E-state index contributed by atoms with van der Waals surface area (Å²) in [5.74, 6) is 0.133. The third-order valence-electron chi connectivity index (χ3n) is 3.63. The van der Waals surface area contributed by atoms with E-state index in [-0.39, 0.29) is 12.5 Å². The predicted molar refractivity (Wildman–Crippen MR) is 78.4 cm³/mol. The number of hydrogen-bond acceptors (Lipinski definition) is 3. The lowest BCUT2D eigenvalue weighted by molar-refractivity contribution is -0.130. The maximum absolute atomic E-state index is 12.1. The Labute approximate surface area is 119 Å². The van der Waals surface area contributed by atoms with Crippen LogP contribution in [0, 0.1) is 5.92 Å². The first-order valence-electron chi connectivity index (χ1n) is 6.98. The lowest BCUT2D eigenvalue weighted by Crippen LogP contribution is -2.42. The van der Waals surface area contributed by atoms with Crippen LogP contribution in [0.4, 0.5) is 5.69 Å². The number of carbonyl (C=O) groups excluding carboxylic acids is 2. The Hall–Kier alpha value is -2.04. The first kappa shape index (κ1) is 14.4. The Balaban J connectivity index is 1.95. The van der Waals surface area contributed by atoms with E-state index in [4.69, 9.17) is 5.73 Å². The van der Waals surface area contributed by atoms with E-state index in [0.29, 0.717) is 17.2 Å². The van der Waals surface area contributed by atoms with E-state index in [9.17, 15) is 9.59 Å². The molecule has 0 aromatic heterocycles. The number of hydrogen-bond donors (Lipinski definition) is 2. The molecule has 20 heavy (non-hydrogen) atoms. The van der Waals surface area contributed by atoms with E-state index in [0.717, 1.165) is 19.5 Å². The first-order chi connectivity index (χ1) is 9.58. The van der Waals surface area contributed by atoms with Gasteiger partial charge in [-0.1, -0.05) is 19.1 Å². The number of para-hydroxylation sites is 1. The molecule has 1 heterocycles. The van der Waals surface area contributed by atoms with Crippen LogP contribution in [0.15, 0.2) is 24.3 Å². The predicted octanol–water partition coefficient (Wildman–Crippen LogP) is 1.46. The topological polar surface area (TPSA) is 75.4 Å². The largest absolute Gasteiger partial charge is 0.376 e. The number of likely N-dealkylation sites (tertiary alicyclic amines) is 1. The molecule has 0 saturated carbocycles. The van der Waals surface area contributed by atoms with Crippen molar-refractivity contribution >= 4 is 17.5 Å². The zero-order valence-corrected chi connectivity index (χ0v) is 11.8. The molecule has 0 unspecified atom stereocenters. The Kier molecular flexibility index (Phi) is 4.61. The van der Waals surface area contributed by atoms with Crippen molar-refractivity contribution in [3.8, 4) is 0 Å². The first-order valence-corrected chi connectivity index (χ1v) is 6.98. The normalized spacial score (nSPS) is 18.6. The maximum atomic E-state index is 12.1. The number of nitrogens with one attached hydrogen (secondary N) is 1. The van der Waals surface area contributed by atoms with Gasteiger partial charge in [-0.05, 0) is 30.9 Å². The summed E-state index contributed by atoms with van der Waals surface area (Å²) in [5.41, 5.74) is 6.33. The molecule has 5 nitrogen and oxygen atoms in total. The maximum Gasteiger partial charge on any atom is 0.250 e. The van der Waals surface area contributed by atoms with Gasteiger partial charge >= 0.3 is 0 Å². The standard InChI is InChI=1S/C15H21N3O2/c1-11-5-4-8-18(10-11)14(19)9-17-13-7-3-2-6-12(13)15(16)20/h2-3,6-7,11,17H,4-5,8-10H2,1H3,(H2,16,20)/t11-/m0/s1. The molecule has 0 radical (unpaired) electrons. The van der Waals surface area contributed by atoms with Gasteiger partial charge in [0.1, 0.15) is 0 Å². The zero-order valence-electron chi connectivity index (χ0n) is 11.8. The Morgan fingerprint density at radius 3 is 2.85 bits per heavy atom. The number of primary amides is 1. The monoisotopic (exact) mass is 275 g/mol. The van der Waals surface area contributed by atoms with Gasteiger partial charge in [0.05, 0.1) is 12.1 Å². The minimum absolute atomic E-state index is 0.0656. The number of rotatable bonds is 4. The molecule has 1 aromatic rings. The van der Waals surface area contributed by atoms with Crippen molar-refractivity contribution in [2.75, 3.05) is 25.0 Å². The van der Waals surface area contributed by atoms with Crippen LogP contribution >= 0.6 is 0 Å². The van der Waals surface area contributed by atoms with Crippen molar-refractivity contribution in [3.05, 3.63) is 29.8 Å². The quantitative estimate of drug-likeness (QED) is 0.873. The molecule has 0 bridgehead atoms. The molecule has 1 aliphatic heterocycles. The fourth-order valence-electron chi connectivity index (χ4n) is 2.55. The van der Waals surface area contributed by atoms with Crippen molar-refractivity contribution in [1.29, 1.82) is 0 Å². The second-order valence-corrected chi connectivity index (χ2v) is 5.35. The van der Waals surface area contributed by atoms with Gasteiger partial charge in [-0.3, -0.25) is 9.59 Å². The number of carbonyl (C=O) groups is 2. The van der Waals surface area contributed by atoms with Gasteiger partial charge in [-0.25, -0.2) is 0 Å². The Bertz CT molecular complexity index is 502. The van der Waals surface area contributed by atoms with E-state index in [1.807, 2.05) is 11.0 Å². The van der Waals surface area contributed by atoms with Crippen molar-refractivity contribution in [3.63, 3.8) is 0 Å². The number of anilines is 1. The molecule has 3 N–H and O–H groups in total. The lowest BCUT2D eigenvalue weighted by atomic mass is 10.0. The minimum Gasteiger partial charge on any atom is -0.376 e. The highest BCUT2D eigenvalue weighted by Gasteiger charge is 2.20. The summed E-state index contributed by atoms with van der Waals surface area (Å²) in [6, 6.07) is 6.96. The summed E-state index contributed by atoms with van der Waals surface area (Å²) in [6.07, 6.45) is 2.24. The molecule has 2 rings (SSSR count). The van der Waals surface area contributed by atoms with Gasteiger partial charge in [-0.15, -0.1) is 0 Å². The highest BCUT2D eigenvalue weighted by molar-refractivity contribution is 5.99. The summed E-state index contributed by atoms with van der Waals surface area (Å²) >= 11 is 0. The zero-order chi connectivity index (χ0) is 14.5. The summed E-state index contributed by atoms with van der Waals surface area (Å²) < 4.78 is 0. The number of nitrogens with two attached hydrogens (primary N) is 1. The molecule has 5 heteroatoms. The number of nitrogens with zero attached hydrogens (tertiary/aromatic N) is 1. The van der Waals surface area contributed by atoms with E-state index in [1.165, 1.54) is 6.42 Å². The number of amides is 2. The van der Waals surface area contributed by atoms with Crippen molar-refractivity contribution in [2.24, 2.45) is 11.7 Å². The van der Waals surface area contributed by atoms with Gasteiger partial charge in [-0.2, -0.15) is 0 Å². The summed E-state index contributed by atoms with van der Waals surface area (Å²) in [7, 11) is 0. The van der Waals surface area contributed by atoms with Crippen LogP contribution in [0.2, 0.25) is 0 Å². The molecule has 0 aliphatic carbocycles. The van der Waals surface area contributed by atoms with E-state index < -0.39 is 5.91 Å². The van der Waals surface area contributed by atoms with Crippen molar-refractivity contribution < 1.29 is 9.59 Å². The van der Waals surface area contributed by atoms with Gasteiger partial charge < -0.3 is 16.0 Å². The minimum atomic E-state index is -0.493. The molecular formula is C15H21N3O2. The molecule has 1 atom stereocenters. The average Bonchev–Trinajstić information content (AvgIpc) is 2.45. The lowest BCUT2D eigenvalue weighted by Gasteiger charge is -2.31.